The highest BCUT2D eigenvalue weighted by atomic mass is 35.5. The molecule has 21 heavy (non-hydrogen) atoms. The molecule has 2 atom stereocenters. The van der Waals surface area contributed by atoms with Crippen LogP contribution in [0.1, 0.15) is 39.5 Å². The Morgan fingerprint density at radius 3 is 2.71 bits per heavy atom. The first-order valence-electron chi connectivity index (χ1n) is 7.37. The molecule has 0 aliphatic heterocycles. The van der Waals surface area contributed by atoms with Crippen molar-refractivity contribution >= 4 is 24.0 Å². The van der Waals surface area contributed by atoms with Gasteiger partial charge in [-0.3, -0.25) is 4.79 Å². The first kappa shape index (κ1) is 17.8. The minimum Gasteiger partial charge on any atom is -0.489 e. The van der Waals surface area contributed by atoms with Crippen LogP contribution >= 0.6 is 12.4 Å². The van der Waals surface area contributed by atoms with Crippen molar-refractivity contribution in [1.82, 2.24) is 0 Å². The minimum atomic E-state index is 0. The molecule has 0 saturated heterocycles. The van der Waals surface area contributed by atoms with Gasteiger partial charge in [-0.25, -0.2) is 0 Å². The third kappa shape index (κ3) is 5.21. The van der Waals surface area contributed by atoms with E-state index in [1.54, 1.807) is 0 Å². The Balaban J connectivity index is 0.00000220. The lowest BCUT2D eigenvalue weighted by molar-refractivity contribution is -0.117. The Kier molecular flexibility index (Phi) is 6.99. The number of hydrogen-bond donors (Lipinski definition) is 2. The standard InChI is InChI=1S/C16H24N2O2.ClH/c1-11(2)20-15-9-4-3-8-14(15)18-16(19)10-12-6-5-7-13(12)17;/h3-4,8-9,11-13H,5-7,10,17H2,1-2H3,(H,18,19);1H/t12-,13+;/m0./s1. The fourth-order valence-corrected chi connectivity index (χ4v) is 2.68. The molecule has 1 aromatic rings. The van der Waals surface area contributed by atoms with Crippen LogP contribution in [-0.4, -0.2) is 18.1 Å². The number of amides is 1. The normalized spacial score (nSPS) is 21.0. The second-order valence-electron chi connectivity index (χ2n) is 5.77. The molecule has 118 valence electrons. The van der Waals surface area contributed by atoms with Crippen molar-refractivity contribution in [2.75, 3.05) is 5.32 Å². The summed E-state index contributed by atoms with van der Waals surface area (Å²) in [6.07, 6.45) is 3.80. The van der Waals surface area contributed by atoms with Crippen LogP contribution in [0.15, 0.2) is 24.3 Å². The van der Waals surface area contributed by atoms with Gasteiger partial charge >= 0.3 is 0 Å². The lowest BCUT2D eigenvalue weighted by Gasteiger charge is -2.17. The average Bonchev–Trinajstić information content (AvgIpc) is 2.77. The monoisotopic (exact) mass is 312 g/mol. The van der Waals surface area contributed by atoms with Crippen LogP contribution in [0.5, 0.6) is 5.75 Å². The number of carbonyl (C=O) groups excluding carboxylic acids is 1. The predicted octanol–water partition coefficient (Wildman–Crippen LogP) is 3.35. The topological polar surface area (TPSA) is 64.3 Å². The van der Waals surface area contributed by atoms with Crippen molar-refractivity contribution in [2.45, 2.75) is 51.7 Å². The maximum Gasteiger partial charge on any atom is 0.224 e. The molecule has 5 heteroatoms. The molecule has 1 saturated carbocycles. The Labute approximate surface area is 132 Å². The van der Waals surface area contributed by atoms with E-state index in [4.69, 9.17) is 10.5 Å². The average molecular weight is 313 g/mol. The van der Waals surface area contributed by atoms with Gasteiger partial charge < -0.3 is 15.8 Å². The zero-order chi connectivity index (χ0) is 14.5. The maximum absolute atomic E-state index is 12.1. The van der Waals surface area contributed by atoms with E-state index in [1.165, 1.54) is 0 Å². The molecule has 1 fully saturated rings. The van der Waals surface area contributed by atoms with Crippen LogP contribution in [0.25, 0.3) is 0 Å². The number of rotatable bonds is 5. The Morgan fingerprint density at radius 2 is 2.10 bits per heavy atom. The van der Waals surface area contributed by atoms with E-state index in [1.807, 2.05) is 38.1 Å². The number of benzene rings is 1. The summed E-state index contributed by atoms with van der Waals surface area (Å²) < 4.78 is 5.70. The molecule has 0 spiro atoms. The van der Waals surface area contributed by atoms with Gasteiger partial charge in [-0.15, -0.1) is 12.4 Å². The molecule has 0 aromatic heterocycles. The molecule has 4 nitrogen and oxygen atoms in total. The lowest BCUT2D eigenvalue weighted by atomic mass is 10.00. The molecule has 1 aliphatic rings. The zero-order valence-electron chi connectivity index (χ0n) is 12.7. The zero-order valence-corrected chi connectivity index (χ0v) is 13.5. The van der Waals surface area contributed by atoms with Crippen molar-refractivity contribution < 1.29 is 9.53 Å². The Bertz CT molecular complexity index is 465. The smallest absolute Gasteiger partial charge is 0.224 e. The van der Waals surface area contributed by atoms with E-state index in [9.17, 15) is 4.79 Å². The molecular weight excluding hydrogens is 288 g/mol. The van der Waals surface area contributed by atoms with Crippen LogP contribution in [0.3, 0.4) is 0 Å². The lowest BCUT2D eigenvalue weighted by Crippen LogP contribution is -2.28. The van der Waals surface area contributed by atoms with Crippen molar-refractivity contribution in [1.29, 1.82) is 0 Å². The van der Waals surface area contributed by atoms with Crippen LogP contribution < -0.4 is 15.8 Å². The number of hydrogen-bond acceptors (Lipinski definition) is 3. The maximum atomic E-state index is 12.1. The second-order valence-corrected chi connectivity index (χ2v) is 5.77. The molecule has 3 N–H and O–H groups in total. The van der Waals surface area contributed by atoms with Crippen LogP contribution in [0.2, 0.25) is 0 Å². The Morgan fingerprint density at radius 1 is 1.38 bits per heavy atom. The van der Waals surface area contributed by atoms with E-state index >= 15 is 0 Å². The number of nitrogens with one attached hydrogen (secondary N) is 1. The van der Waals surface area contributed by atoms with Crippen molar-refractivity contribution in [2.24, 2.45) is 11.7 Å². The Hall–Kier alpha value is -1.26. The molecule has 0 heterocycles. The summed E-state index contributed by atoms with van der Waals surface area (Å²) in [6, 6.07) is 7.70. The second kappa shape index (κ2) is 8.25. The summed E-state index contributed by atoms with van der Waals surface area (Å²) in [7, 11) is 0. The summed E-state index contributed by atoms with van der Waals surface area (Å²) in [5, 5.41) is 2.94. The van der Waals surface area contributed by atoms with E-state index in [-0.39, 0.29) is 30.5 Å². The van der Waals surface area contributed by atoms with Crippen LogP contribution in [0, 0.1) is 5.92 Å². The number of para-hydroxylation sites is 2. The number of ether oxygens (including phenoxy) is 1. The predicted molar refractivity (Wildman–Crippen MR) is 88.0 cm³/mol. The van der Waals surface area contributed by atoms with E-state index in [0.29, 0.717) is 18.1 Å². The van der Waals surface area contributed by atoms with Gasteiger partial charge in [0.2, 0.25) is 5.91 Å². The van der Waals surface area contributed by atoms with Gasteiger partial charge in [0, 0.05) is 12.5 Å². The van der Waals surface area contributed by atoms with E-state index in [0.717, 1.165) is 24.9 Å². The van der Waals surface area contributed by atoms with Crippen molar-refractivity contribution in [3.8, 4) is 5.75 Å². The molecule has 1 aliphatic carbocycles. The third-order valence-corrected chi connectivity index (χ3v) is 3.69. The van der Waals surface area contributed by atoms with E-state index < -0.39 is 0 Å². The van der Waals surface area contributed by atoms with Gasteiger partial charge in [-0.1, -0.05) is 18.6 Å². The molecule has 1 amide bonds. The summed E-state index contributed by atoms with van der Waals surface area (Å²) in [6.45, 7) is 3.94. The molecule has 0 radical (unpaired) electrons. The molecule has 0 unspecified atom stereocenters. The fourth-order valence-electron chi connectivity index (χ4n) is 2.68. The molecular formula is C16H25ClN2O2. The molecule has 2 rings (SSSR count). The van der Waals surface area contributed by atoms with Crippen molar-refractivity contribution in [3.63, 3.8) is 0 Å². The first-order chi connectivity index (χ1) is 9.56. The van der Waals surface area contributed by atoms with Gasteiger partial charge in [-0.2, -0.15) is 0 Å². The van der Waals surface area contributed by atoms with Crippen LogP contribution in [0.4, 0.5) is 5.69 Å². The molecule has 1 aromatic carbocycles. The molecule has 0 bridgehead atoms. The van der Waals surface area contributed by atoms with Crippen molar-refractivity contribution in [3.05, 3.63) is 24.3 Å². The summed E-state index contributed by atoms with van der Waals surface area (Å²) in [4.78, 5) is 12.1. The highest BCUT2D eigenvalue weighted by molar-refractivity contribution is 5.92. The van der Waals surface area contributed by atoms with Crippen LogP contribution in [-0.2, 0) is 4.79 Å². The summed E-state index contributed by atoms with van der Waals surface area (Å²) in [5.41, 5.74) is 6.75. The number of anilines is 1. The van der Waals surface area contributed by atoms with Gasteiger partial charge in [0.25, 0.3) is 0 Å². The SMILES string of the molecule is CC(C)Oc1ccccc1NC(=O)C[C@@H]1CCC[C@H]1N.Cl. The number of nitrogens with two attached hydrogens (primary N) is 1. The van der Waals surface area contributed by atoms with Gasteiger partial charge in [0.1, 0.15) is 5.75 Å². The first-order valence-corrected chi connectivity index (χ1v) is 7.37. The number of carbonyl (C=O) groups is 1. The summed E-state index contributed by atoms with van der Waals surface area (Å²) >= 11 is 0. The van der Waals surface area contributed by atoms with E-state index in [2.05, 4.69) is 5.32 Å². The summed E-state index contributed by atoms with van der Waals surface area (Å²) in [5.74, 6) is 1.05. The highest BCUT2D eigenvalue weighted by Gasteiger charge is 2.26. The largest absolute Gasteiger partial charge is 0.489 e. The fraction of sp³-hybridized carbons (Fsp3) is 0.562. The van der Waals surface area contributed by atoms with Gasteiger partial charge in [0.15, 0.2) is 0 Å². The van der Waals surface area contributed by atoms with Gasteiger partial charge in [-0.05, 0) is 44.7 Å². The third-order valence-electron chi connectivity index (χ3n) is 3.69. The van der Waals surface area contributed by atoms with Gasteiger partial charge in [0.05, 0.1) is 11.8 Å². The number of halogens is 1. The minimum absolute atomic E-state index is 0. The quantitative estimate of drug-likeness (QED) is 0.876. The highest BCUT2D eigenvalue weighted by Crippen LogP contribution is 2.29.